The zero-order chi connectivity index (χ0) is 21.1. The van der Waals surface area contributed by atoms with Gasteiger partial charge in [-0.2, -0.15) is 10.1 Å². The third kappa shape index (κ3) is 3.90. The van der Waals surface area contributed by atoms with Crippen LogP contribution in [0.15, 0.2) is 42.5 Å². The highest BCUT2D eigenvalue weighted by atomic mass is 16.5. The van der Waals surface area contributed by atoms with Gasteiger partial charge < -0.3 is 24.8 Å². The van der Waals surface area contributed by atoms with E-state index in [0.29, 0.717) is 34.6 Å². The molecule has 0 aliphatic carbocycles. The molecule has 2 aromatic heterocycles. The summed E-state index contributed by atoms with van der Waals surface area (Å²) in [7, 11) is 4.81. The Balaban J connectivity index is 1.79. The van der Waals surface area contributed by atoms with Crippen molar-refractivity contribution < 1.29 is 14.2 Å². The third-order valence-corrected chi connectivity index (χ3v) is 4.50. The number of anilines is 4. The van der Waals surface area contributed by atoms with E-state index in [4.69, 9.17) is 14.2 Å². The number of H-pyrrole nitrogens is 1. The molecule has 2 aromatic carbocycles. The molecule has 4 aromatic rings. The molecule has 30 heavy (non-hydrogen) atoms. The van der Waals surface area contributed by atoms with E-state index < -0.39 is 0 Å². The molecule has 0 amide bonds. The van der Waals surface area contributed by atoms with Gasteiger partial charge in [0, 0.05) is 28.9 Å². The lowest BCUT2D eigenvalue weighted by atomic mass is 10.2. The maximum atomic E-state index is 5.44. The molecule has 4 rings (SSSR count). The Morgan fingerprint density at radius 1 is 0.833 bits per heavy atom. The summed E-state index contributed by atoms with van der Waals surface area (Å²) in [6.45, 7) is 1.93. The first kappa shape index (κ1) is 19.3. The van der Waals surface area contributed by atoms with Crippen LogP contribution in [0.2, 0.25) is 0 Å². The molecule has 0 unspecified atom stereocenters. The van der Waals surface area contributed by atoms with Crippen molar-refractivity contribution in [3.05, 3.63) is 48.2 Å². The normalized spacial score (nSPS) is 10.7. The highest BCUT2D eigenvalue weighted by molar-refractivity contribution is 5.94. The van der Waals surface area contributed by atoms with Crippen LogP contribution in [-0.2, 0) is 0 Å². The van der Waals surface area contributed by atoms with E-state index in [1.54, 1.807) is 21.3 Å². The summed E-state index contributed by atoms with van der Waals surface area (Å²) in [4.78, 5) is 9.31. The molecule has 0 aliphatic rings. The minimum absolute atomic E-state index is 0.426. The van der Waals surface area contributed by atoms with E-state index in [1.807, 2.05) is 49.4 Å². The van der Waals surface area contributed by atoms with Gasteiger partial charge in [0.25, 0.3) is 0 Å². The summed E-state index contributed by atoms with van der Waals surface area (Å²) in [5.74, 6) is 3.61. The van der Waals surface area contributed by atoms with E-state index in [9.17, 15) is 0 Å². The molecule has 0 fully saturated rings. The van der Waals surface area contributed by atoms with Gasteiger partial charge in [0.05, 0.1) is 26.8 Å². The second-order valence-corrected chi connectivity index (χ2v) is 6.53. The number of nitrogens with one attached hydrogen (secondary N) is 3. The van der Waals surface area contributed by atoms with Gasteiger partial charge in [-0.3, -0.25) is 5.10 Å². The largest absolute Gasteiger partial charge is 0.497 e. The molecule has 154 valence electrons. The molecule has 0 atom stereocenters. The molecule has 0 aliphatic heterocycles. The van der Waals surface area contributed by atoms with Gasteiger partial charge in [-0.05, 0) is 37.3 Å². The predicted octanol–water partition coefficient (Wildman–Crippen LogP) is 4.17. The number of rotatable bonds is 7. The minimum atomic E-state index is 0.426. The van der Waals surface area contributed by atoms with Gasteiger partial charge in [-0.1, -0.05) is 0 Å². The Labute approximate surface area is 173 Å². The number of hydrogen-bond acceptors (Lipinski definition) is 8. The number of aromatic amines is 1. The highest BCUT2D eigenvalue weighted by Gasteiger charge is 2.14. The summed E-state index contributed by atoms with van der Waals surface area (Å²) in [6.07, 6.45) is 0. The van der Waals surface area contributed by atoms with Crippen molar-refractivity contribution in [3.8, 4) is 17.2 Å². The number of aryl methyl sites for hydroxylation is 1. The molecule has 0 radical (unpaired) electrons. The molecule has 9 heteroatoms. The average molecular weight is 406 g/mol. The zero-order valence-electron chi connectivity index (χ0n) is 17.1. The second kappa shape index (κ2) is 8.16. The van der Waals surface area contributed by atoms with Crippen LogP contribution in [-0.4, -0.2) is 41.5 Å². The standard InChI is InChI=1S/C21H22N6O3/c1-12-9-19(27-26-12)24-20-15-10-17(29-3)18(30-4)11-16(15)23-21(25-20)22-13-5-7-14(28-2)8-6-13/h5-11H,1-4H3,(H3,22,23,24,25,26,27). The Morgan fingerprint density at radius 3 is 2.20 bits per heavy atom. The minimum Gasteiger partial charge on any atom is -0.497 e. The van der Waals surface area contributed by atoms with Crippen LogP contribution >= 0.6 is 0 Å². The fourth-order valence-electron chi connectivity index (χ4n) is 3.01. The smallest absolute Gasteiger partial charge is 0.229 e. The molecule has 0 saturated carbocycles. The van der Waals surface area contributed by atoms with Crippen LogP contribution in [0.25, 0.3) is 10.9 Å². The fourth-order valence-corrected chi connectivity index (χ4v) is 3.01. The topological polar surface area (TPSA) is 106 Å². The van der Waals surface area contributed by atoms with Gasteiger partial charge in [0.15, 0.2) is 17.3 Å². The molecule has 9 nitrogen and oxygen atoms in total. The number of methoxy groups -OCH3 is 3. The van der Waals surface area contributed by atoms with Crippen LogP contribution < -0.4 is 24.8 Å². The number of ether oxygens (including phenoxy) is 3. The van der Waals surface area contributed by atoms with Gasteiger partial charge in [-0.25, -0.2) is 4.98 Å². The van der Waals surface area contributed by atoms with Crippen LogP contribution in [0.5, 0.6) is 17.2 Å². The van der Waals surface area contributed by atoms with Gasteiger partial charge in [-0.15, -0.1) is 0 Å². The van der Waals surface area contributed by atoms with Crippen molar-refractivity contribution in [2.45, 2.75) is 6.92 Å². The van der Waals surface area contributed by atoms with Gasteiger partial charge >= 0.3 is 0 Å². The Hall–Kier alpha value is -4.01. The molecule has 0 saturated heterocycles. The maximum absolute atomic E-state index is 5.44. The van der Waals surface area contributed by atoms with Crippen LogP contribution in [0.1, 0.15) is 5.69 Å². The van der Waals surface area contributed by atoms with Crippen LogP contribution in [0.4, 0.5) is 23.3 Å². The number of benzene rings is 2. The highest BCUT2D eigenvalue weighted by Crippen LogP contribution is 2.35. The van der Waals surface area contributed by atoms with Crippen LogP contribution in [0.3, 0.4) is 0 Å². The molecule has 0 bridgehead atoms. The first-order valence-electron chi connectivity index (χ1n) is 9.23. The average Bonchev–Trinajstić information content (AvgIpc) is 3.18. The van der Waals surface area contributed by atoms with E-state index in [1.165, 1.54) is 0 Å². The molecular formula is C21H22N6O3. The number of fused-ring (bicyclic) bond motifs is 1. The van der Waals surface area contributed by atoms with Crippen molar-refractivity contribution >= 4 is 34.2 Å². The molecule has 3 N–H and O–H groups in total. The Kier molecular flexibility index (Phi) is 5.25. The lowest BCUT2D eigenvalue weighted by Gasteiger charge is -2.14. The monoisotopic (exact) mass is 406 g/mol. The Morgan fingerprint density at radius 2 is 1.57 bits per heavy atom. The van der Waals surface area contributed by atoms with E-state index in [-0.39, 0.29) is 0 Å². The van der Waals surface area contributed by atoms with E-state index >= 15 is 0 Å². The molecule has 0 spiro atoms. The van der Waals surface area contributed by atoms with Crippen molar-refractivity contribution in [1.82, 2.24) is 20.2 Å². The van der Waals surface area contributed by atoms with Crippen molar-refractivity contribution in [2.75, 3.05) is 32.0 Å². The van der Waals surface area contributed by atoms with Crippen LogP contribution in [0, 0.1) is 6.92 Å². The first-order valence-corrected chi connectivity index (χ1v) is 9.23. The van der Waals surface area contributed by atoms with E-state index in [0.717, 1.165) is 22.5 Å². The summed E-state index contributed by atoms with van der Waals surface area (Å²) in [6, 6.07) is 13.1. The number of nitrogens with zero attached hydrogens (tertiary/aromatic N) is 3. The molecular weight excluding hydrogens is 384 g/mol. The lowest BCUT2D eigenvalue weighted by Crippen LogP contribution is -2.03. The lowest BCUT2D eigenvalue weighted by molar-refractivity contribution is 0.356. The Bertz CT molecular complexity index is 1170. The van der Waals surface area contributed by atoms with Gasteiger partial charge in [0.2, 0.25) is 5.95 Å². The fraction of sp³-hybridized carbons (Fsp3) is 0.190. The van der Waals surface area contributed by atoms with Crippen molar-refractivity contribution in [3.63, 3.8) is 0 Å². The number of hydrogen-bond donors (Lipinski definition) is 3. The second-order valence-electron chi connectivity index (χ2n) is 6.53. The summed E-state index contributed by atoms with van der Waals surface area (Å²) in [5, 5.41) is 14.4. The van der Waals surface area contributed by atoms with Crippen molar-refractivity contribution in [1.29, 1.82) is 0 Å². The quantitative estimate of drug-likeness (QED) is 0.420. The predicted molar refractivity (Wildman–Crippen MR) is 116 cm³/mol. The third-order valence-electron chi connectivity index (χ3n) is 4.50. The molecule has 2 heterocycles. The maximum Gasteiger partial charge on any atom is 0.229 e. The van der Waals surface area contributed by atoms with Crippen molar-refractivity contribution in [2.24, 2.45) is 0 Å². The van der Waals surface area contributed by atoms with E-state index in [2.05, 4.69) is 30.8 Å². The number of aromatic nitrogens is 4. The summed E-state index contributed by atoms with van der Waals surface area (Å²) < 4.78 is 16.1. The van der Waals surface area contributed by atoms with Gasteiger partial charge in [0.1, 0.15) is 11.6 Å². The summed E-state index contributed by atoms with van der Waals surface area (Å²) >= 11 is 0. The zero-order valence-corrected chi connectivity index (χ0v) is 17.1. The summed E-state index contributed by atoms with van der Waals surface area (Å²) in [5.41, 5.74) is 2.46. The SMILES string of the molecule is COc1ccc(Nc2nc(Nc3cc(C)[nH]n3)c3cc(OC)c(OC)cc3n2)cc1. The first-order chi connectivity index (χ1) is 14.6.